The number of fused-ring (bicyclic) bond motifs is 3. The van der Waals surface area contributed by atoms with Crippen molar-refractivity contribution in [2.24, 2.45) is 0 Å². The SMILES string of the molecule is F.[B].[CH2-]Cc1[c-]c2c(c3c1CCN3C)N(C)CC2.[W+2]. The molecule has 0 spiro atoms. The van der Waals surface area contributed by atoms with Gasteiger partial charge in [0.1, 0.15) is 0 Å². The van der Waals surface area contributed by atoms with E-state index in [0.29, 0.717) is 0 Å². The van der Waals surface area contributed by atoms with Crippen LogP contribution in [0.25, 0.3) is 0 Å². The standard InChI is InChI=1S/C14H18N2.B.FH.W/c1-4-10-9-11-5-7-15(2)13(11)14-12(10)6-8-16(14)3;;;/h1,4-8H2,2-3H3;;1H;/q-2;;;+2. The number of nitrogens with zero attached hydrogens (tertiary/aromatic N) is 2. The Morgan fingerprint density at radius 3 is 2.32 bits per heavy atom. The molecule has 0 atom stereocenters. The summed E-state index contributed by atoms with van der Waals surface area (Å²) in [5.74, 6) is 0. The van der Waals surface area contributed by atoms with E-state index >= 15 is 0 Å². The number of likely N-dealkylation sites (N-methyl/N-ethyl adjacent to an activating group) is 2. The minimum Gasteiger partial charge on any atom is -0.424 e. The van der Waals surface area contributed by atoms with Gasteiger partial charge in [-0.3, -0.25) is 4.70 Å². The first kappa shape index (κ1) is 18.5. The minimum absolute atomic E-state index is 0. The molecule has 1 aromatic carbocycles. The second kappa shape index (κ2) is 6.79. The molecule has 0 fully saturated rings. The summed E-state index contributed by atoms with van der Waals surface area (Å²) in [6, 6.07) is 3.60. The van der Waals surface area contributed by atoms with Crippen LogP contribution in [0.5, 0.6) is 0 Å². The van der Waals surface area contributed by atoms with Crippen LogP contribution in [0.2, 0.25) is 0 Å². The molecule has 3 rings (SSSR count). The van der Waals surface area contributed by atoms with Gasteiger partial charge >= 0.3 is 21.1 Å². The van der Waals surface area contributed by atoms with Gasteiger partial charge < -0.3 is 16.7 Å². The zero-order valence-corrected chi connectivity index (χ0v) is 14.5. The monoisotopic (exact) mass is 429 g/mol. The predicted octanol–water partition coefficient (Wildman–Crippen LogP) is 1.62. The second-order valence-electron chi connectivity index (χ2n) is 4.85. The van der Waals surface area contributed by atoms with Crippen LogP contribution in [-0.4, -0.2) is 35.6 Å². The molecule has 3 radical (unpaired) electrons. The van der Waals surface area contributed by atoms with Gasteiger partial charge in [-0.05, 0) is 24.8 Å². The molecule has 2 aliphatic heterocycles. The van der Waals surface area contributed by atoms with E-state index in [2.05, 4.69) is 36.9 Å². The molecule has 2 heterocycles. The van der Waals surface area contributed by atoms with E-state index in [-0.39, 0.29) is 34.2 Å². The summed E-state index contributed by atoms with van der Waals surface area (Å²) in [6.45, 7) is 6.31. The van der Waals surface area contributed by atoms with Gasteiger partial charge in [-0.1, -0.05) is 6.42 Å². The Morgan fingerprint density at radius 1 is 1.11 bits per heavy atom. The van der Waals surface area contributed by atoms with Crippen LogP contribution in [0, 0.1) is 13.0 Å². The number of hydrogen-bond acceptors (Lipinski definition) is 2. The van der Waals surface area contributed by atoms with Crippen molar-refractivity contribution in [2.75, 3.05) is 37.0 Å². The molecule has 0 amide bonds. The number of benzene rings is 1. The quantitative estimate of drug-likeness (QED) is 0.495. The molecule has 19 heavy (non-hydrogen) atoms. The van der Waals surface area contributed by atoms with Crippen LogP contribution < -0.4 is 9.80 Å². The van der Waals surface area contributed by atoms with Crippen molar-refractivity contribution in [1.82, 2.24) is 0 Å². The molecule has 2 nitrogen and oxygen atoms in total. The fourth-order valence-corrected chi connectivity index (χ4v) is 3.01. The normalized spacial score (nSPS) is 15.1. The number of anilines is 2. The Kier molecular flexibility index (Phi) is 6.61. The van der Waals surface area contributed by atoms with Crippen molar-refractivity contribution in [3.8, 4) is 0 Å². The van der Waals surface area contributed by atoms with E-state index in [1.807, 2.05) is 0 Å². The van der Waals surface area contributed by atoms with Crippen LogP contribution in [0.4, 0.5) is 16.1 Å². The smallest absolute Gasteiger partial charge is 0.424 e. The predicted molar refractivity (Wildman–Crippen MR) is 76.5 cm³/mol. The fraction of sp³-hybridized carbons (Fsp3) is 0.500. The average molecular weight is 429 g/mol. The Labute approximate surface area is 131 Å². The maximum Gasteiger partial charge on any atom is 2.00 e. The number of rotatable bonds is 1. The van der Waals surface area contributed by atoms with Gasteiger partial charge in [0.25, 0.3) is 0 Å². The van der Waals surface area contributed by atoms with E-state index in [4.69, 9.17) is 0 Å². The molecule has 0 saturated carbocycles. The van der Waals surface area contributed by atoms with Crippen LogP contribution in [0.3, 0.4) is 0 Å². The van der Waals surface area contributed by atoms with E-state index in [1.165, 1.54) is 28.1 Å². The third kappa shape index (κ3) is 2.70. The second-order valence-corrected chi connectivity index (χ2v) is 4.85. The van der Waals surface area contributed by atoms with Crippen molar-refractivity contribution in [3.63, 3.8) is 0 Å². The Bertz CT molecular complexity index is 454. The molecule has 0 bridgehead atoms. The van der Waals surface area contributed by atoms with Gasteiger partial charge in [0.05, 0.1) is 0 Å². The van der Waals surface area contributed by atoms with E-state index < -0.39 is 0 Å². The first-order chi connectivity index (χ1) is 7.72. The summed E-state index contributed by atoms with van der Waals surface area (Å²) in [7, 11) is 4.39. The molecular weight excluding hydrogens is 410 g/mol. The summed E-state index contributed by atoms with van der Waals surface area (Å²) >= 11 is 0. The van der Waals surface area contributed by atoms with Crippen molar-refractivity contribution in [2.45, 2.75) is 19.3 Å². The maximum absolute atomic E-state index is 4.04. The van der Waals surface area contributed by atoms with Gasteiger partial charge in [0.2, 0.25) is 0 Å². The molecule has 0 N–H and O–H groups in total. The average Bonchev–Trinajstić information content (AvgIpc) is 2.83. The van der Waals surface area contributed by atoms with Gasteiger partial charge in [-0.15, -0.1) is 11.1 Å². The van der Waals surface area contributed by atoms with E-state index in [9.17, 15) is 0 Å². The molecule has 101 valence electrons. The van der Waals surface area contributed by atoms with Crippen LogP contribution >= 0.6 is 0 Å². The molecule has 0 aromatic heterocycles. The molecule has 0 unspecified atom stereocenters. The summed E-state index contributed by atoms with van der Waals surface area (Å²) in [5.41, 5.74) is 7.10. The summed E-state index contributed by atoms with van der Waals surface area (Å²) in [5, 5.41) is 0. The molecule has 1 aromatic rings. The zero-order chi connectivity index (χ0) is 11.3. The van der Waals surface area contributed by atoms with Crippen LogP contribution in [-0.2, 0) is 40.3 Å². The Balaban J connectivity index is 0.00000108. The molecule has 2 aliphatic rings. The third-order valence-corrected chi connectivity index (χ3v) is 3.87. The third-order valence-electron chi connectivity index (χ3n) is 3.87. The molecular formula is C14H19BFN2W. The maximum atomic E-state index is 4.04. The summed E-state index contributed by atoms with van der Waals surface area (Å²) in [4.78, 5) is 4.77. The van der Waals surface area contributed by atoms with E-state index in [0.717, 1.165) is 32.4 Å². The topological polar surface area (TPSA) is 6.48 Å². The van der Waals surface area contributed by atoms with E-state index in [1.54, 1.807) is 0 Å². The van der Waals surface area contributed by atoms with Gasteiger partial charge in [0.15, 0.2) is 0 Å². The van der Waals surface area contributed by atoms with Gasteiger partial charge in [0, 0.05) is 28.6 Å². The number of hydrogen-bond donors (Lipinski definition) is 0. The van der Waals surface area contributed by atoms with Crippen molar-refractivity contribution in [3.05, 3.63) is 29.7 Å². The first-order valence-electron chi connectivity index (χ1n) is 6.03. The number of halogens is 1. The summed E-state index contributed by atoms with van der Waals surface area (Å²) < 4.78 is 0. The largest absolute Gasteiger partial charge is 2.00 e. The Morgan fingerprint density at radius 2 is 1.68 bits per heavy atom. The van der Waals surface area contributed by atoms with Crippen molar-refractivity contribution in [1.29, 1.82) is 0 Å². The van der Waals surface area contributed by atoms with Crippen LogP contribution in [0.1, 0.15) is 16.7 Å². The van der Waals surface area contributed by atoms with Crippen LogP contribution in [0.15, 0.2) is 0 Å². The molecule has 5 heteroatoms. The Hall–Kier alpha value is -0.497. The minimum atomic E-state index is 0. The summed E-state index contributed by atoms with van der Waals surface area (Å²) in [6.07, 6.45) is 3.17. The molecule has 0 aliphatic carbocycles. The first-order valence-corrected chi connectivity index (χ1v) is 6.03. The zero-order valence-electron chi connectivity index (χ0n) is 11.5. The van der Waals surface area contributed by atoms with Gasteiger partial charge in [-0.25, -0.2) is 0 Å². The molecule has 0 saturated heterocycles. The van der Waals surface area contributed by atoms with Crippen molar-refractivity contribution < 1.29 is 25.8 Å². The van der Waals surface area contributed by atoms with Gasteiger partial charge in [-0.2, -0.15) is 18.1 Å². The van der Waals surface area contributed by atoms with Crippen molar-refractivity contribution >= 4 is 19.8 Å². The fourth-order valence-electron chi connectivity index (χ4n) is 3.01.